The molecule has 0 saturated carbocycles. The highest BCUT2D eigenvalue weighted by Gasteiger charge is 2.19. The zero-order valence-electron chi connectivity index (χ0n) is 10.6. The minimum atomic E-state index is -0.688. The van der Waals surface area contributed by atoms with E-state index >= 15 is 0 Å². The maximum Gasteiger partial charge on any atom is 0.261 e. The summed E-state index contributed by atoms with van der Waals surface area (Å²) in [5, 5.41) is 12.5. The number of nitrogens with one attached hydrogen (secondary N) is 1. The third kappa shape index (κ3) is 3.07. The Morgan fingerprint density at radius 3 is 2.81 bits per heavy atom. The molecule has 2 rings (SSSR count). The summed E-state index contributed by atoms with van der Waals surface area (Å²) in [6, 6.07) is 6.21. The summed E-state index contributed by atoms with van der Waals surface area (Å²) in [4.78, 5) is 11.3. The van der Waals surface area contributed by atoms with Gasteiger partial charge in [0, 0.05) is 6.54 Å². The number of amides is 1. The molecule has 5 N–H and O–H groups in total. The highest BCUT2D eigenvalue weighted by atomic mass is 35.5. The number of anilines is 2. The summed E-state index contributed by atoms with van der Waals surface area (Å²) in [5.74, 6) is -1.19. The van der Waals surface area contributed by atoms with Crippen LogP contribution >= 0.6 is 22.9 Å². The van der Waals surface area contributed by atoms with Crippen molar-refractivity contribution in [3.8, 4) is 6.07 Å². The average Bonchev–Trinajstić information content (AvgIpc) is 2.76. The number of hydrogen-bond donors (Lipinski definition) is 3. The van der Waals surface area contributed by atoms with Gasteiger partial charge in [-0.3, -0.25) is 4.79 Å². The van der Waals surface area contributed by atoms with Crippen LogP contribution in [0.15, 0.2) is 18.2 Å². The van der Waals surface area contributed by atoms with Gasteiger partial charge >= 0.3 is 0 Å². The molecule has 5 nitrogen and oxygen atoms in total. The summed E-state index contributed by atoms with van der Waals surface area (Å²) in [6.45, 7) is 0.298. The second-order valence-electron chi connectivity index (χ2n) is 4.13. The number of primary amides is 1. The number of nitriles is 1. The molecule has 108 valence electrons. The molecular weight excluding hydrogens is 315 g/mol. The van der Waals surface area contributed by atoms with Crippen LogP contribution in [0.4, 0.5) is 15.1 Å². The number of carbonyl (C=O) groups is 1. The first-order chi connectivity index (χ1) is 9.93. The molecule has 0 radical (unpaired) electrons. The molecule has 0 aliphatic heterocycles. The van der Waals surface area contributed by atoms with Crippen LogP contribution < -0.4 is 16.8 Å². The lowest BCUT2D eigenvalue weighted by atomic mass is 10.2. The number of halogens is 2. The first kappa shape index (κ1) is 15.1. The van der Waals surface area contributed by atoms with Gasteiger partial charge in [-0.25, -0.2) is 4.39 Å². The first-order valence-electron chi connectivity index (χ1n) is 5.74. The van der Waals surface area contributed by atoms with Crippen LogP contribution in [0.1, 0.15) is 20.8 Å². The summed E-state index contributed by atoms with van der Waals surface area (Å²) in [7, 11) is 0. The van der Waals surface area contributed by atoms with Crippen molar-refractivity contribution in [2.75, 3.05) is 11.1 Å². The molecule has 0 bridgehead atoms. The van der Waals surface area contributed by atoms with Crippen LogP contribution in [0.2, 0.25) is 5.02 Å². The van der Waals surface area contributed by atoms with E-state index in [1.54, 1.807) is 6.07 Å². The van der Waals surface area contributed by atoms with E-state index in [9.17, 15) is 9.18 Å². The molecule has 0 aliphatic carbocycles. The third-order valence-corrected chi connectivity index (χ3v) is 4.19. The van der Waals surface area contributed by atoms with Gasteiger partial charge in [-0.2, -0.15) is 5.26 Å². The lowest BCUT2D eigenvalue weighted by Crippen LogP contribution is -2.10. The lowest BCUT2D eigenvalue weighted by Gasteiger charge is -2.05. The van der Waals surface area contributed by atoms with Crippen molar-refractivity contribution in [3.63, 3.8) is 0 Å². The second kappa shape index (κ2) is 5.99. The predicted molar refractivity (Wildman–Crippen MR) is 80.7 cm³/mol. The van der Waals surface area contributed by atoms with Gasteiger partial charge in [0.05, 0.1) is 10.7 Å². The molecule has 1 amide bonds. The minimum absolute atomic E-state index is 0.0123. The van der Waals surface area contributed by atoms with E-state index in [0.29, 0.717) is 11.5 Å². The molecule has 8 heteroatoms. The summed E-state index contributed by atoms with van der Waals surface area (Å²) in [5.41, 5.74) is 11.8. The summed E-state index contributed by atoms with van der Waals surface area (Å²) in [6.07, 6.45) is 0. The number of nitrogen functional groups attached to an aromatic ring is 1. The maximum absolute atomic E-state index is 13.1. The van der Waals surface area contributed by atoms with E-state index in [1.807, 2.05) is 6.07 Å². The number of nitrogens with two attached hydrogens (primary N) is 2. The van der Waals surface area contributed by atoms with E-state index in [-0.39, 0.29) is 21.2 Å². The molecule has 0 saturated heterocycles. The van der Waals surface area contributed by atoms with Gasteiger partial charge in [-0.15, -0.1) is 11.3 Å². The monoisotopic (exact) mass is 324 g/mol. The Balaban J connectivity index is 2.24. The van der Waals surface area contributed by atoms with Crippen molar-refractivity contribution >= 4 is 39.5 Å². The van der Waals surface area contributed by atoms with Crippen molar-refractivity contribution in [1.82, 2.24) is 0 Å². The SMILES string of the molecule is N#Cc1c(NCc2ccc(F)c(Cl)c2)sc(C(N)=O)c1N. The Hall–Kier alpha value is -2.30. The maximum atomic E-state index is 13.1. The fourth-order valence-electron chi connectivity index (χ4n) is 1.69. The number of benzene rings is 1. The van der Waals surface area contributed by atoms with Crippen molar-refractivity contribution in [2.45, 2.75) is 6.54 Å². The molecule has 1 aromatic carbocycles. The van der Waals surface area contributed by atoms with E-state index < -0.39 is 11.7 Å². The smallest absolute Gasteiger partial charge is 0.261 e. The fourth-order valence-corrected chi connectivity index (χ4v) is 2.82. The van der Waals surface area contributed by atoms with Crippen LogP contribution in [0.25, 0.3) is 0 Å². The molecule has 0 spiro atoms. The van der Waals surface area contributed by atoms with Crippen LogP contribution in [0, 0.1) is 17.1 Å². The van der Waals surface area contributed by atoms with Crippen molar-refractivity contribution in [2.24, 2.45) is 5.73 Å². The molecule has 0 aliphatic rings. The van der Waals surface area contributed by atoms with Gasteiger partial charge in [0.1, 0.15) is 27.3 Å². The van der Waals surface area contributed by atoms with Gasteiger partial charge in [-0.05, 0) is 17.7 Å². The van der Waals surface area contributed by atoms with Crippen LogP contribution in [-0.2, 0) is 6.54 Å². The lowest BCUT2D eigenvalue weighted by molar-refractivity contribution is 0.100. The number of rotatable bonds is 4. The number of thiophene rings is 1. The van der Waals surface area contributed by atoms with Crippen LogP contribution in [-0.4, -0.2) is 5.91 Å². The largest absolute Gasteiger partial charge is 0.396 e. The Kier molecular flexibility index (Phi) is 4.31. The molecule has 1 heterocycles. The van der Waals surface area contributed by atoms with Gasteiger partial charge in [-0.1, -0.05) is 17.7 Å². The minimum Gasteiger partial charge on any atom is -0.396 e. The van der Waals surface area contributed by atoms with Crippen molar-refractivity contribution in [3.05, 3.63) is 45.0 Å². The zero-order chi connectivity index (χ0) is 15.6. The average molecular weight is 325 g/mol. The molecule has 2 aromatic rings. The Labute approximate surface area is 128 Å². The first-order valence-corrected chi connectivity index (χ1v) is 6.93. The highest BCUT2D eigenvalue weighted by Crippen LogP contribution is 2.35. The Morgan fingerprint density at radius 1 is 1.52 bits per heavy atom. The molecule has 1 aromatic heterocycles. The Bertz CT molecular complexity index is 753. The molecular formula is C13H10ClFN4OS. The van der Waals surface area contributed by atoms with Crippen molar-refractivity contribution < 1.29 is 9.18 Å². The fraction of sp³-hybridized carbons (Fsp3) is 0.0769. The van der Waals surface area contributed by atoms with Gasteiger partial charge in [0.2, 0.25) is 0 Å². The van der Waals surface area contributed by atoms with Gasteiger partial charge < -0.3 is 16.8 Å². The van der Waals surface area contributed by atoms with Crippen molar-refractivity contribution in [1.29, 1.82) is 5.26 Å². The zero-order valence-corrected chi connectivity index (χ0v) is 12.2. The molecule has 0 fully saturated rings. The summed E-state index contributed by atoms with van der Waals surface area (Å²) >= 11 is 6.70. The van der Waals surface area contributed by atoms with Crippen LogP contribution in [0.5, 0.6) is 0 Å². The molecule has 21 heavy (non-hydrogen) atoms. The second-order valence-corrected chi connectivity index (χ2v) is 5.55. The standard InChI is InChI=1S/C13H10ClFN4OS/c14-8-3-6(1-2-9(8)15)5-19-13-7(4-16)10(17)11(21-13)12(18)20/h1-3,19H,5,17H2,(H2,18,20). The van der Waals surface area contributed by atoms with Gasteiger partial charge in [0.15, 0.2) is 0 Å². The number of carbonyl (C=O) groups excluding carboxylic acids is 1. The predicted octanol–water partition coefficient (Wildman–Crippen LogP) is 2.71. The van der Waals surface area contributed by atoms with E-state index in [0.717, 1.165) is 16.9 Å². The Morgan fingerprint density at radius 2 is 2.24 bits per heavy atom. The normalized spacial score (nSPS) is 10.1. The summed E-state index contributed by atoms with van der Waals surface area (Å²) < 4.78 is 13.1. The van der Waals surface area contributed by atoms with Gasteiger partial charge in [0.25, 0.3) is 5.91 Å². The number of nitrogens with zero attached hydrogens (tertiary/aromatic N) is 1. The van der Waals surface area contributed by atoms with E-state index in [2.05, 4.69) is 5.32 Å². The number of hydrogen-bond acceptors (Lipinski definition) is 5. The molecule has 0 unspecified atom stereocenters. The highest BCUT2D eigenvalue weighted by molar-refractivity contribution is 7.18. The van der Waals surface area contributed by atoms with E-state index in [4.69, 9.17) is 28.3 Å². The third-order valence-electron chi connectivity index (χ3n) is 2.72. The quantitative estimate of drug-likeness (QED) is 0.804. The van der Waals surface area contributed by atoms with Crippen LogP contribution in [0.3, 0.4) is 0 Å². The van der Waals surface area contributed by atoms with E-state index in [1.165, 1.54) is 12.1 Å². The topological polar surface area (TPSA) is 105 Å². The molecule has 0 atom stereocenters.